The smallest absolute Gasteiger partial charge is 0.271 e. The number of hydrazone groups is 1. The van der Waals surface area contributed by atoms with Gasteiger partial charge in [0, 0.05) is 24.6 Å². The fraction of sp³-hybridized carbons (Fsp3) is 0.238. The number of rotatable bonds is 5. The fourth-order valence-electron chi connectivity index (χ4n) is 2.83. The van der Waals surface area contributed by atoms with Gasteiger partial charge in [0.2, 0.25) is 5.91 Å². The lowest BCUT2D eigenvalue weighted by molar-refractivity contribution is -0.118. The summed E-state index contributed by atoms with van der Waals surface area (Å²) in [5.41, 5.74) is 3.41. The maximum Gasteiger partial charge on any atom is 0.271 e. The van der Waals surface area contributed by atoms with Crippen LogP contribution >= 0.6 is 0 Å². The second-order valence-electron chi connectivity index (χ2n) is 6.47. The van der Waals surface area contributed by atoms with Crippen molar-refractivity contribution >= 4 is 28.9 Å². The number of nitriles is 1. The molecule has 0 radical (unpaired) electrons. The zero-order chi connectivity index (χ0) is 20.1. The number of anilines is 2. The van der Waals surface area contributed by atoms with Crippen molar-refractivity contribution in [3.63, 3.8) is 0 Å². The summed E-state index contributed by atoms with van der Waals surface area (Å²) < 4.78 is 5.24. The van der Waals surface area contributed by atoms with Gasteiger partial charge in [-0.25, -0.2) is 5.01 Å². The third kappa shape index (κ3) is 4.35. The SMILES string of the molecule is Cc1ccc(C)c(N2N=C(C(=O)Nc3cccc(OCC#N)c3)CCC2=O)c1. The number of ether oxygens (including phenoxy) is 1. The molecule has 7 heteroatoms. The zero-order valence-electron chi connectivity index (χ0n) is 15.7. The van der Waals surface area contributed by atoms with E-state index in [0.717, 1.165) is 11.1 Å². The third-order valence-electron chi connectivity index (χ3n) is 4.28. The van der Waals surface area contributed by atoms with E-state index in [1.54, 1.807) is 24.3 Å². The summed E-state index contributed by atoms with van der Waals surface area (Å²) >= 11 is 0. The first-order valence-corrected chi connectivity index (χ1v) is 8.87. The van der Waals surface area contributed by atoms with E-state index in [1.165, 1.54) is 5.01 Å². The summed E-state index contributed by atoms with van der Waals surface area (Å²) in [6.45, 7) is 3.77. The first-order chi connectivity index (χ1) is 13.5. The van der Waals surface area contributed by atoms with Gasteiger partial charge in [-0.15, -0.1) is 0 Å². The van der Waals surface area contributed by atoms with Crippen LogP contribution in [0.5, 0.6) is 5.75 Å². The van der Waals surface area contributed by atoms with Gasteiger partial charge >= 0.3 is 0 Å². The van der Waals surface area contributed by atoms with Crippen LogP contribution in [0.2, 0.25) is 0 Å². The van der Waals surface area contributed by atoms with E-state index >= 15 is 0 Å². The summed E-state index contributed by atoms with van der Waals surface area (Å²) in [4.78, 5) is 25.0. The summed E-state index contributed by atoms with van der Waals surface area (Å²) in [6.07, 6.45) is 0.488. The van der Waals surface area contributed by atoms with Gasteiger partial charge in [-0.05, 0) is 43.2 Å². The van der Waals surface area contributed by atoms with Crippen molar-refractivity contribution in [1.82, 2.24) is 0 Å². The van der Waals surface area contributed by atoms with Crippen molar-refractivity contribution in [2.45, 2.75) is 26.7 Å². The summed E-state index contributed by atoms with van der Waals surface area (Å²) in [6, 6.07) is 14.4. The molecular weight excluding hydrogens is 356 g/mol. The molecule has 1 N–H and O–H groups in total. The first kappa shape index (κ1) is 19.1. The van der Waals surface area contributed by atoms with Gasteiger partial charge in [-0.1, -0.05) is 18.2 Å². The molecule has 7 nitrogen and oxygen atoms in total. The Morgan fingerprint density at radius 2 is 2.07 bits per heavy atom. The lowest BCUT2D eigenvalue weighted by atomic mass is 10.1. The molecule has 0 saturated carbocycles. The van der Waals surface area contributed by atoms with Gasteiger partial charge in [0.15, 0.2) is 6.61 Å². The number of nitrogens with zero attached hydrogens (tertiary/aromatic N) is 3. The van der Waals surface area contributed by atoms with Crippen LogP contribution in [-0.2, 0) is 9.59 Å². The molecule has 2 aromatic rings. The van der Waals surface area contributed by atoms with Crippen LogP contribution in [0.3, 0.4) is 0 Å². The second-order valence-corrected chi connectivity index (χ2v) is 6.47. The molecule has 1 aliphatic heterocycles. The average molecular weight is 376 g/mol. The zero-order valence-corrected chi connectivity index (χ0v) is 15.7. The van der Waals surface area contributed by atoms with E-state index in [2.05, 4.69) is 10.4 Å². The standard InChI is InChI=1S/C21H20N4O3/c1-14-6-7-15(2)19(12-14)25-20(26)9-8-18(24-25)21(27)23-16-4-3-5-17(13-16)28-11-10-22/h3-7,12-13H,8-9,11H2,1-2H3,(H,23,27). The normalized spacial score (nSPS) is 13.5. The Morgan fingerprint density at radius 3 is 2.86 bits per heavy atom. The lowest BCUT2D eigenvalue weighted by Crippen LogP contribution is -2.36. The number of hydrogen-bond acceptors (Lipinski definition) is 5. The maximum absolute atomic E-state index is 12.7. The number of aryl methyl sites for hydroxylation is 2. The molecule has 0 unspecified atom stereocenters. The molecule has 142 valence electrons. The van der Waals surface area contributed by atoms with Gasteiger partial charge in [0.25, 0.3) is 5.91 Å². The molecule has 3 rings (SSSR count). The number of amides is 2. The first-order valence-electron chi connectivity index (χ1n) is 8.87. The minimum absolute atomic E-state index is 0.0724. The number of benzene rings is 2. The molecule has 0 spiro atoms. The number of hydrogen-bond donors (Lipinski definition) is 1. The second kappa shape index (κ2) is 8.35. The lowest BCUT2D eigenvalue weighted by Gasteiger charge is -2.24. The summed E-state index contributed by atoms with van der Waals surface area (Å²) in [5.74, 6) is -0.0329. The van der Waals surface area contributed by atoms with Gasteiger partial charge in [0.05, 0.1) is 5.69 Å². The third-order valence-corrected chi connectivity index (χ3v) is 4.28. The van der Waals surface area contributed by atoms with Crippen molar-refractivity contribution in [2.75, 3.05) is 16.9 Å². The van der Waals surface area contributed by atoms with Crippen LogP contribution in [-0.4, -0.2) is 24.1 Å². The molecule has 2 aromatic carbocycles. The molecule has 2 amide bonds. The van der Waals surface area contributed by atoms with Crippen molar-refractivity contribution in [1.29, 1.82) is 5.26 Å². The highest BCUT2D eigenvalue weighted by molar-refractivity contribution is 6.44. The Labute approximate surface area is 163 Å². The van der Waals surface area contributed by atoms with Crippen molar-refractivity contribution in [3.8, 4) is 11.8 Å². The van der Waals surface area contributed by atoms with E-state index in [-0.39, 0.29) is 37.0 Å². The number of nitrogens with one attached hydrogen (secondary N) is 1. The molecule has 0 saturated heterocycles. The van der Waals surface area contributed by atoms with Crippen molar-refractivity contribution in [2.24, 2.45) is 5.10 Å². The molecule has 1 heterocycles. The van der Waals surface area contributed by atoms with Crippen LogP contribution < -0.4 is 15.1 Å². The average Bonchev–Trinajstić information content (AvgIpc) is 2.69. The molecule has 0 fully saturated rings. The van der Waals surface area contributed by atoms with E-state index < -0.39 is 0 Å². The van der Waals surface area contributed by atoms with Crippen molar-refractivity contribution in [3.05, 3.63) is 53.6 Å². The monoisotopic (exact) mass is 376 g/mol. The Morgan fingerprint density at radius 1 is 1.25 bits per heavy atom. The summed E-state index contributed by atoms with van der Waals surface area (Å²) in [5, 5.41) is 17.0. The van der Waals surface area contributed by atoms with Crippen LogP contribution in [0.15, 0.2) is 47.6 Å². The Kier molecular flexibility index (Phi) is 5.70. The molecule has 0 bridgehead atoms. The van der Waals surface area contributed by atoms with Crippen LogP contribution in [0, 0.1) is 25.2 Å². The van der Waals surface area contributed by atoms with Crippen LogP contribution in [0.25, 0.3) is 0 Å². The van der Waals surface area contributed by atoms with Crippen LogP contribution in [0.4, 0.5) is 11.4 Å². The highest BCUT2D eigenvalue weighted by Gasteiger charge is 2.26. The quantitative estimate of drug-likeness (QED) is 0.866. The Bertz CT molecular complexity index is 991. The molecule has 0 aliphatic carbocycles. The minimum Gasteiger partial charge on any atom is -0.479 e. The molecular formula is C21H20N4O3. The minimum atomic E-state index is -0.375. The highest BCUT2D eigenvalue weighted by Crippen LogP contribution is 2.26. The Hall–Kier alpha value is -3.66. The summed E-state index contributed by atoms with van der Waals surface area (Å²) in [7, 11) is 0. The number of carbonyl (C=O) groups excluding carboxylic acids is 2. The molecule has 0 aromatic heterocycles. The fourth-order valence-corrected chi connectivity index (χ4v) is 2.83. The van der Waals surface area contributed by atoms with E-state index in [9.17, 15) is 9.59 Å². The van der Waals surface area contributed by atoms with E-state index in [0.29, 0.717) is 17.1 Å². The highest BCUT2D eigenvalue weighted by atomic mass is 16.5. The largest absolute Gasteiger partial charge is 0.479 e. The van der Waals surface area contributed by atoms with Gasteiger partial charge in [-0.2, -0.15) is 10.4 Å². The van der Waals surface area contributed by atoms with E-state index in [4.69, 9.17) is 10.00 Å². The molecule has 1 aliphatic rings. The topological polar surface area (TPSA) is 94.8 Å². The van der Waals surface area contributed by atoms with Gasteiger partial charge < -0.3 is 10.1 Å². The predicted molar refractivity (Wildman–Crippen MR) is 106 cm³/mol. The van der Waals surface area contributed by atoms with Gasteiger partial charge in [-0.3, -0.25) is 9.59 Å². The van der Waals surface area contributed by atoms with E-state index in [1.807, 2.05) is 38.1 Å². The number of carbonyl (C=O) groups is 2. The molecule has 28 heavy (non-hydrogen) atoms. The van der Waals surface area contributed by atoms with Crippen LogP contribution in [0.1, 0.15) is 24.0 Å². The molecule has 0 atom stereocenters. The van der Waals surface area contributed by atoms with Gasteiger partial charge in [0.1, 0.15) is 17.5 Å². The maximum atomic E-state index is 12.7. The predicted octanol–water partition coefficient (Wildman–Crippen LogP) is 3.33. The van der Waals surface area contributed by atoms with Crippen molar-refractivity contribution < 1.29 is 14.3 Å². The Balaban J connectivity index is 1.81.